The lowest BCUT2D eigenvalue weighted by molar-refractivity contribution is -0.122. The number of methoxy groups -OCH3 is 2. The standard InChI is InChI=1S/C24H33NO5/c1-14(2)13-30-23-21(29-5)8-15(12-26)16-9-18-17-10-20(28-4)19(27)11-24(17,22(16)23)6-7-25(18)3/h8,10,14,17-18,26H,6-7,9,11-13H2,1-5H3/t17-,18+,24-/m1/s1. The first kappa shape index (κ1) is 21.2. The number of likely N-dealkylation sites (N-methyl/N-ethyl adjacent to an activating group) is 1. The zero-order valence-electron chi connectivity index (χ0n) is 18.7. The van der Waals surface area contributed by atoms with E-state index in [-0.39, 0.29) is 29.8 Å². The maximum atomic E-state index is 13.0. The van der Waals surface area contributed by atoms with Crippen LogP contribution in [0.1, 0.15) is 43.4 Å². The van der Waals surface area contributed by atoms with E-state index in [1.165, 1.54) is 0 Å². The fourth-order valence-corrected chi connectivity index (χ4v) is 5.69. The Morgan fingerprint density at radius 1 is 1.30 bits per heavy atom. The lowest BCUT2D eigenvalue weighted by Crippen LogP contribution is -2.60. The van der Waals surface area contributed by atoms with Gasteiger partial charge in [0.2, 0.25) is 0 Å². The highest BCUT2D eigenvalue weighted by molar-refractivity contribution is 5.96. The minimum atomic E-state index is -0.366. The van der Waals surface area contributed by atoms with Crippen molar-refractivity contribution in [2.45, 2.75) is 51.2 Å². The number of carbonyl (C=O) groups is 1. The van der Waals surface area contributed by atoms with Crippen LogP contribution >= 0.6 is 0 Å². The molecule has 1 aliphatic heterocycles. The number of ketones is 1. The Hall–Kier alpha value is -2.05. The highest BCUT2D eigenvalue weighted by Gasteiger charge is 2.57. The van der Waals surface area contributed by atoms with E-state index in [1.54, 1.807) is 14.2 Å². The van der Waals surface area contributed by atoms with Crippen LogP contribution in [-0.2, 0) is 28.0 Å². The molecule has 1 aromatic carbocycles. The number of aliphatic hydroxyl groups excluding tert-OH is 1. The van der Waals surface area contributed by atoms with Crippen molar-refractivity contribution in [3.63, 3.8) is 0 Å². The van der Waals surface area contributed by atoms with Crippen LogP contribution in [0.2, 0.25) is 0 Å². The second-order valence-corrected chi connectivity index (χ2v) is 9.30. The van der Waals surface area contributed by atoms with E-state index < -0.39 is 0 Å². The van der Waals surface area contributed by atoms with Crippen LogP contribution in [0.4, 0.5) is 0 Å². The SMILES string of the molecule is COC1=C[C@@H]2[C@@H]3Cc4c(CO)cc(OC)c(OCC(C)C)c4[C@]2(CCN3C)CC1=O. The zero-order chi connectivity index (χ0) is 21.6. The highest BCUT2D eigenvalue weighted by Crippen LogP contribution is 2.58. The number of allylic oxidation sites excluding steroid dienone is 1. The van der Waals surface area contributed by atoms with Crippen LogP contribution in [0.5, 0.6) is 11.5 Å². The predicted octanol–water partition coefficient (Wildman–Crippen LogP) is 2.84. The fraction of sp³-hybridized carbons (Fsp3) is 0.625. The number of aliphatic hydroxyl groups is 1. The maximum absolute atomic E-state index is 13.0. The third kappa shape index (κ3) is 3.12. The van der Waals surface area contributed by atoms with Crippen molar-refractivity contribution < 1.29 is 24.1 Å². The molecule has 6 heteroatoms. The van der Waals surface area contributed by atoms with Crippen LogP contribution in [0, 0.1) is 11.8 Å². The Kier molecular flexibility index (Phi) is 5.58. The molecule has 4 rings (SSSR count). The molecule has 1 fully saturated rings. The predicted molar refractivity (Wildman–Crippen MR) is 114 cm³/mol. The summed E-state index contributed by atoms with van der Waals surface area (Å²) in [6.07, 6.45) is 4.09. The third-order valence-corrected chi connectivity index (χ3v) is 7.14. The van der Waals surface area contributed by atoms with Gasteiger partial charge in [0.15, 0.2) is 23.0 Å². The molecule has 1 N–H and O–H groups in total. The number of ether oxygens (including phenoxy) is 3. The Balaban J connectivity index is 1.99. The first-order valence-electron chi connectivity index (χ1n) is 10.8. The molecule has 3 aliphatic rings. The third-order valence-electron chi connectivity index (χ3n) is 7.14. The van der Waals surface area contributed by atoms with Gasteiger partial charge < -0.3 is 24.2 Å². The van der Waals surface area contributed by atoms with Gasteiger partial charge in [-0.2, -0.15) is 0 Å². The van der Waals surface area contributed by atoms with E-state index in [9.17, 15) is 9.90 Å². The number of hydrogen-bond donors (Lipinski definition) is 1. The number of hydrogen-bond acceptors (Lipinski definition) is 6. The summed E-state index contributed by atoms with van der Waals surface area (Å²) in [5.74, 6) is 2.39. The molecule has 3 atom stereocenters. The van der Waals surface area contributed by atoms with Crippen molar-refractivity contribution >= 4 is 5.78 Å². The molecule has 0 aromatic heterocycles. The molecule has 2 bridgehead atoms. The quantitative estimate of drug-likeness (QED) is 0.771. The number of likely N-dealkylation sites (tertiary alicyclic amines) is 1. The van der Waals surface area contributed by atoms with Gasteiger partial charge in [-0.25, -0.2) is 0 Å². The molecular weight excluding hydrogens is 382 g/mol. The Labute approximate surface area is 178 Å². The molecule has 1 heterocycles. The van der Waals surface area contributed by atoms with Crippen LogP contribution < -0.4 is 9.47 Å². The van der Waals surface area contributed by atoms with Crippen molar-refractivity contribution in [3.05, 3.63) is 34.6 Å². The molecule has 0 spiro atoms. The molecule has 0 saturated carbocycles. The summed E-state index contributed by atoms with van der Waals surface area (Å²) in [7, 11) is 5.35. The van der Waals surface area contributed by atoms with Crippen LogP contribution in [0.15, 0.2) is 17.9 Å². The average molecular weight is 416 g/mol. The van der Waals surface area contributed by atoms with E-state index in [0.29, 0.717) is 30.5 Å². The van der Waals surface area contributed by atoms with Crippen LogP contribution in [0.25, 0.3) is 0 Å². The van der Waals surface area contributed by atoms with Gasteiger partial charge >= 0.3 is 0 Å². The molecule has 30 heavy (non-hydrogen) atoms. The van der Waals surface area contributed by atoms with E-state index in [1.807, 2.05) is 12.1 Å². The minimum absolute atomic E-state index is 0.0353. The summed E-state index contributed by atoms with van der Waals surface area (Å²) < 4.78 is 17.5. The summed E-state index contributed by atoms with van der Waals surface area (Å²) in [5.41, 5.74) is 2.69. The van der Waals surface area contributed by atoms with Crippen molar-refractivity contribution in [1.29, 1.82) is 0 Å². The Morgan fingerprint density at radius 2 is 2.07 bits per heavy atom. The molecule has 6 nitrogen and oxygen atoms in total. The first-order chi connectivity index (χ1) is 14.4. The van der Waals surface area contributed by atoms with Crippen molar-refractivity contribution in [3.8, 4) is 11.5 Å². The lowest BCUT2D eigenvalue weighted by atomic mass is 9.53. The summed E-state index contributed by atoms with van der Waals surface area (Å²) >= 11 is 0. The van der Waals surface area contributed by atoms with E-state index in [4.69, 9.17) is 14.2 Å². The molecule has 0 amide bonds. The Bertz CT molecular complexity index is 877. The molecule has 0 radical (unpaired) electrons. The summed E-state index contributed by atoms with van der Waals surface area (Å²) in [6, 6.07) is 2.16. The van der Waals surface area contributed by atoms with Gasteiger partial charge in [0.25, 0.3) is 0 Å². The molecular formula is C24H33NO5. The van der Waals surface area contributed by atoms with Crippen LogP contribution in [-0.4, -0.2) is 56.3 Å². The summed E-state index contributed by atoms with van der Waals surface area (Å²) in [4.78, 5) is 15.4. The number of fused-ring (bicyclic) bond motifs is 1. The monoisotopic (exact) mass is 415 g/mol. The molecule has 1 aromatic rings. The van der Waals surface area contributed by atoms with Gasteiger partial charge in [0.05, 0.1) is 27.4 Å². The van der Waals surface area contributed by atoms with E-state index in [0.717, 1.165) is 41.8 Å². The molecule has 2 aliphatic carbocycles. The topological polar surface area (TPSA) is 68.2 Å². The van der Waals surface area contributed by atoms with E-state index >= 15 is 0 Å². The average Bonchev–Trinajstić information content (AvgIpc) is 2.73. The zero-order valence-corrected chi connectivity index (χ0v) is 18.7. The first-order valence-corrected chi connectivity index (χ1v) is 10.8. The van der Waals surface area contributed by atoms with Gasteiger partial charge in [0.1, 0.15) is 0 Å². The molecule has 1 saturated heterocycles. The van der Waals surface area contributed by atoms with Crippen molar-refractivity contribution in [2.24, 2.45) is 11.8 Å². The fourth-order valence-electron chi connectivity index (χ4n) is 5.69. The number of piperidine rings is 1. The normalized spacial score (nSPS) is 28.0. The number of nitrogens with zero attached hydrogens (tertiary/aromatic N) is 1. The minimum Gasteiger partial charge on any atom is -0.493 e. The molecule has 0 unspecified atom stereocenters. The molecule has 164 valence electrons. The van der Waals surface area contributed by atoms with Gasteiger partial charge in [-0.3, -0.25) is 4.79 Å². The van der Waals surface area contributed by atoms with Crippen molar-refractivity contribution in [2.75, 3.05) is 34.4 Å². The highest BCUT2D eigenvalue weighted by atomic mass is 16.5. The maximum Gasteiger partial charge on any atom is 0.197 e. The van der Waals surface area contributed by atoms with Crippen LogP contribution in [0.3, 0.4) is 0 Å². The second-order valence-electron chi connectivity index (χ2n) is 9.30. The summed E-state index contributed by atoms with van der Waals surface area (Å²) in [6.45, 7) is 5.65. The van der Waals surface area contributed by atoms with Gasteiger partial charge in [-0.15, -0.1) is 0 Å². The number of carbonyl (C=O) groups excluding carboxylic acids is 1. The Morgan fingerprint density at radius 3 is 2.70 bits per heavy atom. The van der Waals surface area contributed by atoms with Gasteiger partial charge in [-0.05, 0) is 55.6 Å². The van der Waals surface area contributed by atoms with Gasteiger partial charge in [-0.1, -0.05) is 13.8 Å². The summed E-state index contributed by atoms with van der Waals surface area (Å²) in [5, 5.41) is 10.2. The van der Waals surface area contributed by atoms with E-state index in [2.05, 4.69) is 25.8 Å². The van der Waals surface area contributed by atoms with Gasteiger partial charge in [0, 0.05) is 29.4 Å². The van der Waals surface area contributed by atoms with Crippen molar-refractivity contribution in [1.82, 2.24) is 4.90 Å². The number of benzene rings is 1. The smallest absolute Gasteiger partial charge is 0.197 e. The largest absolute Gasteiger partial charge is 0.493 e. The lowest BCUT2D eigenvalue weighted by Gasteiger charge is -2.57. The number of rotatable bonds is 6. The second kappa shape index (κ2) is 7.89. The number of Topliss-reactive ketones (excluding diaryl/α,β-unsaturated/α-hetero) is 1.